The number of nitrogens with one attached hydrogen (secondary N) is 2. The molecule has 24 heavy (non-hydrogen) atoms. The molecule has 2 N–H and O–H groups in total. The Balaban J connectivity index is 1.55. The summed E-state index contributed by atoms with van der Waals surface area (Å²) in [6, 6.07) is 2.01. The first kappa shape index (κ1) is 16.8. The number of piperidine rings is 1. The lowest BCUT2D eigenvalue weighted by molar-refractivity contribution is 0.232. The number of aryl methyl sites for hydroxylation is 2. The summed E-state index contributed by atoms with van der Waals surface area (Å²) in [6.45, 7) is 5.74. The Hall–Kier alpha value is -2.09. The standard InChI is InChI=1S/C16H24N6OS/c1-11-9-14(21(3)20-11)22-7-4-5-13(10-22)19-16(23)18-12(2)15-17-6-8-24-15/h6,8-9,12-13H,4-5,7,10H2,1-3H3,(H2,18,19,23)/t12-,13+/m0/s1. The van der Waals surface area contributed by atoms with E-state index in [-0.39, 0.29) is 18.1 Å². The van der Waals surface area contributed by atoms with Gasteiger partial charge in [-0.3, -0.25) is 4.68 Å². The Morgan fingerprint density at radius 2 is 2.33 bits per heavy atom. The third kappa shape index (κ3) is 3.87. The number of hydrogen-bond donors (Lipinski definition) is 2. The highest BCUT2D eigenvalue weighted by Crippen LogP contribution is 2.20. The smallest absolute Gasteiger partial charge is 0.315 e. The normalized spacial score (nSPS) is 19.1. The number of thiazole rings is 1. The molecule has 0 unspecified atom stereocenters. The van der Waals surface area contributed by atoms with Crippen molar-refractivity contribution in [1.29, 1.82) is 0 Å². The minimum Gasteiger partial charge on any atom is -0.355 e. The van der Waals surface area contributed by atoms with Crippen molar-refractivity contribution in [2.75, 3.05) is 18.0 Å². The van der Waals surface area contributed by atoms with Gasteiger partial charge in [-0.1, -0.05) is 0 Å². The summed E-state index contributed by atoms with van der Waals surface area (Å²) >= 11 is 1.55. The number of carbonyl (C=O) groups excluding carboxylic acids is 1. The van der Waals surface area contributed by atoms with Crippen molar-refractivity contribution >= 4 is 23.2 Å². The molecule has 1 saturated heterocycles. The van der Waals surface area contributed by atoms with E-state index in [1.54, 1.807) is 17.5 Å². The van der Waals surface area contributed by atoms with Crippen LogP contribution in [0.5, 0.6) is 0 Å². The van der Waals surface area contributed by atoms with Crippen LogP contribution in [-0.4, -0.2) is 39.9 Å². The van der Waals surface area contributed by atoms with Crippen molar-refractivity contribution in [3.63, 3.8) is 0 Å². The van der Waals surface area contributed by atoms with Crippen molar-refractivity contribution < 1.29 is 4.79 Å². The molecule has 0 spiro atoms. The van der Waals surface area contributed by atoms with Crippen LogP contribution < -0.4 is 15.5 Å². The van der Waals surface area contributed by atoms with Crippen molar-refractivity contribution in [2.24, 2.45) is 7.05 Å². The molecule has 0 saturated carbocycles. The van der Waals surface area contributed by atoms with Gasteiger partial charge in [0, 0.05) is 43.8 Å². The van der Waals surface area contributed by atoms with Crippen molar-refractivity contribution in [1.82, 2.24) is 25.4 Å². The Kier molecular flexibility index (Phi) is 5.03. The second-order valence-electron chi connectivity index (χ2n) is 6.26. The van der Waals surface area contributed by atoms with E-state index in [1.807, 2.05) is 31.0 Å². The number of urea groups is 1. The van der Waals surface area contributed by atoms with E-state index in [9.17, 15) is 4.79 Å². The molecule has 8 heteroatoms. The Bertz CT molecular complexity index is 683. The minimum absolute atomic E-state index is 0.0792. The molecule has 3 heterocycles. The predicted octanol–water partition coefficient (Wildman–Crippen LogP) is 2.21. The maximum absolute atomic E-state index is 12.2. The fourth-order valence-electron chi connectivity index (χ4n) is 3.13. The van der Waals surface area contributed by atoms with Gasteiger partial charge in [0.1, 0.15) is 10.8 Å². The fourth-order valence-corrected chi connectivity index (χ4v) is 3.78. The molecule has 0 radical (unpaired) electrons. The number of rotatable bonds is 4. The van der Waals surface area contributed by atoms with Gasteiger partial charge in [-0.25, -0.2) is 9.78 Å². The topological polar surface area (TPSA) is 75.1 Å². The lowest BCUT2D eigenvalue weighted by atomic mass is 10.1. The Morgan fingerprint density at radius 1 is 1.50 bits per heavy atom. The first-order chi connectivity index (χ1) is 11.5. The molecule has 2 atom stereocenters. The number of nitrogens with zero attached hydrogens (tertiary/aromatic N) is 4. The molecule has 130 valence electrons. The van der Waals surface area contributed by atoms with E-state index in [4.69, 9.17) is 0 Å². The highest BCUT2D eigenvalue weighted by molar-refractivity contribution is 7.09. The molecule has 1 aliphatic rings. The van der Waals surface area contributed by atoms with E-state index < -0.39 is 0 Å². The molecule has 1 aliphatic heterocycles. The van der Waals surface area contributed by atoms with Gasteiger partial charge in [0.15, 0.2) is 0 Å². The largest absolute Gasteiger partial charge is 0.355 e. The molecule has 7 nitrogen and oxygen atoms in total. The van der Waals surface area contributed by atoms with E-state index in [1.165, 1.54) is 0 Å². The van der Waals surface area contributed by atoms with Crippen LogP contribution in [0.15, 0.2) is 17.6 Å². The summed E-state index contributed by atoms with van der Waals surface area (Å²) in [4.78, 5) is 18.8. The van der Waals surface area contributed by atoms with Crippen molar-refractivity contribution in [3.8, 4) is 0 Å². The zero-order valence-electron chi connectivity index (χ0n) is 14.3. The molecule has 2 aromatic rings. The second kappa shape index (κ2) is 7.21. The lowest BCUT2D eigenvalue weighted by Gasteiger charge is -2.34. The van der Waals surface area contributed by atoms with E-state index in [0.717, 1.165) is 42.5 Å². The number of hydrogen-bond acceptors (Lipinski definition) is 5. The number of aromatic nitrogens is 3. The van der Waals surface area contributed by atoms with E-state index in [0.29, 0.717) is 0 Å². The van der Waals surface area contributed by atoms with Crippen LogP contribution in [-0.2, 0) is 7.05 Å². The van der Waals surface area contributed by atoms with Gasteiger partial charge >= 0.3 is 6.03 Å². The zero-order chi connectivity index (χ0) is 17.1. The third-order valence-corrected chi connectivity index (χ3v) is 5.19. The number of anilines is 1. The summed E-state index contributed by atoms with van der Waals surface area (Å²) in [7, 11) is 1.96. The average molecular weight is 348 g/mol. The van der Waals surface area contributed by atoms with Crippen LogP contribution >= 0.6 is 11.3 Å². The second-order valence-corrected chi connectivity index (χ2v) is 7.19. The molecule has 0 aliphatic carbocycles. The molecule has 2 amide bonds. The molecular weight excluding hydrogens is 324 g/mol. The maximum atomic E-state index is 12.2. The summed E-state index contributed by atoms with van der Waals surface area (Å²) in [5.41, 5.74) is 1.01. The first-order valence-corrected chi connectivity index (χ1v) is 9.13. The van der Waals surface area contributed by atoms with Gasteiger partial charge in [-0.05, 0) is 26.7 Å². The predicted molar refractivity (Wildman–Crippen MR) is 95.4 cm³/mol. The van der Waals surface area contributed by atoms with Crippen LogP contribution in [0.4, 0.5) is 10.6 Å². The molecular formula is C16H24N6OS. The zero-order valence-corrected chi connectivity index (χ0v) is 15.1. The summed E-state index contributed by atoms with van der Waals surface area (Å²) in [5, 5.41) is 13.3. The van der Waals surface area contributed by atoms with Gasteiger partial charge in [0.25, 0.3) is 0 Å². The van der Waals surface area contributed by atoms with Gasteiger partial charge in [-0.15, -0.1) is 11.3 Å². The third-order valence-electron chi connectivity index (χ3n) is 4.23. The summed E-state index contributed by atoms with van der Waals surface area (Å²) < 4.78 is 1.91. The summed E-state index contributed by atoms with van der Waals surface area (Å²) in [6.07, 6.45) is 3.80. The van der Waals surface area contributed by atoms with E-state index >= 15 is 0 Å². The molecule has 0 aromatic carbocycles. The quantitative estimate of drug-likeness (QED) is 0.888. The Labute approximate surface area is 146 Å². The van der Waals surface area contributed by atoms with Crippen LogP contribution in [0.1, 0.15) is 36.5 Å². The number of carbonyl (C=O) groups is 1. The minimum atomic E-state index is -0.134. The van der Waals surface area contributed by atoms with Crippen molar-refractivity contribution in [2.45, 2.75) is 38.8 Å². The highest BCUT2D eigenvalue weighted by atomic mass is 32.1. The lowest BCUT2D eigenvalue weighted by Crippen LogP contribution is -2.51. The van der Waals surface area contributed by atoms with Crippen LogP contribution in [0.2, 0.25) is 0 Å². The number of amides is 2. The van der Waals surface area contributed by atoms with Crippen LogP contribution in [0, 0.1) is 6.92 Å². The first-order valence-electron chi connectivity index (χ1n) is 8.25. The molecule has 3 rings (SSSR count). The maximum Gasteiger partial charge on any atom is 0.315 e. The van der Waals surface area contributed by atoms with Crippen LogP contribution in [0.3, 0.4) is 0 Å². The van der Waals surface area contributed by atoms with Gasteiger partial charge in [-0.2, -0.15) is 5.10 Å². The monoisotopic (exact) mass is 348 g/mol. The molecule has 2 aromatic heterocycles. The van der Waals surface area contributed by atoms with Gasteiger partial charge in [0.2, 0.25) is 0 Å². The van der Waals surface area contributed by atoms with Gasteiger partial charge in [0.05, 0.1) is 11.7 Å². The summed E-state index contributed by atoms with van der Waals surface area (Å²) in [5.74, 6) is 1.11. The molecule has 1 fully saturated rings. The average Bonchev–Trinajstić information content (AvgIpc) is 3.17. The highest BCUT2D eigenvalue weighted by Gasteiger charge is 2.24. The SMILES string of the molecule is Cc1cc(N2CCC[C@@H](NC(=O)N[C@@H](C)c3nccs3)C2)n(C)n1. The van der Waals surface area contributed by atoms with Crippen molar-refractivity contribution in [3.05, 3.63) is 28.3 Å². The Morgan fingerprint density at radius 3 is 3.00 bits per heavy atom. The van der Waals surface area contributed by atoms with E-state index in [2.05, 4.69) is 31.7 Å². The van der Waals surface area contributed by atoms with Gasteiger partial charge < -0.3 is 15.5 Å². The fraction of sp³-hybridized carbons (Fsp3) is 0.562. The van der Waals surface area contributed by atoms with Crippen LogP contribution in [0.25, 0.3) is 0 Å². The molecule has 0 bridgehead atoms.